The Hall–Kier alpha value is -1.74. The van der Waals surface area contributed by atoms with Crippen LogP contribution in [0.15, 0.2) is 42.7 Å². The van der Waals surface area contributed by atoms with Crippen LogP contribution in [0.2, 0.25) is 0 Å². The first-order chi connectivity index (χ1) is 9.22. The molecule has 2 rings (SSSR count). The van der Waals surface area contributed by atoms with Gasteiger partial charge in [0, 0.05) is 18.4 Å². The summed E-state index contributed by atoms with van der Waals surface area (Å²) in [5.74, 6) is -0.146. The van der Waals surface area contributed by atoms with Crippen molar-refractivity contribution in [3.8, 4) is 0 Å². The molecule has 0 aliphatic carbocycles. The van der Waals surface area contributed by atoms with E-state index in [9.17, 15) is 4.39 Å². The van der Waals surface area contributed by atoms with Crippen LogP contribution in [0, 0.1) is 12.7 Å². The number of aromatic nitrogens is 1. The summed E-state index contributed by atoms with van der Waals surface area (Å²) in [7, 11) is 0. The number of hydrogen-bond donors (Lipinski definition) is 1. The first-order valence-electron chi connectivity index (χ1n) is 6.59. The predicted octanol–water partition coefficient (Wildman–Crippen LogP) is 3.42. The molecule has 0 radical (unpaired) electrons. The summed E-state index contributed by atoms with van der Waals surface area (Å²) in [5, 5.41) is 3.41. The number of nitrogens with one attached hydrogen (secondary N) is 1. The van der Waals surface area contributed by atoms with Crippen molar-refractivity contribution in [1.82, 2.24) is 10.3 Å². The number of hydrogen-bond acceptors (Lipinski definition) is 2. The van der Waals surface area contributed by atoms with E-state index in [2.05, 4.69) is 24.1 Å². The second-order valence-corrected chi connectivity index (χ2v) is 4.64. The molecule has 2 aromatic rings. The largest absolute Gasteiger partial charge is 0.310 e. The SMILES string of the molecule is CCNC(Cc1ccccc1F)c1cnccc1C. The molecule has 2 nitrogen and oxygen atoms in total. The molecule has 0 amide bonds. The van der Waals surface area contributed by atoms with Crippen molar-refractivity contribution in [3.05, 3.63) is 65.2 Å². The van der Waals surface area contributed by atoms with E-state index in [0.29, 0.717) is 6.42 Å². The van der Waals surface area contributed by atoms with Gasteiger partial charge in [0.1, 0.15) is 5.82 Å². The molecule has 1 aromatic carbocycles. The van der Waals surface area contributed by atoms with Crippen molar-refractivity contribution in [3.63, 3.8) is 0 Å². The zero-order valence-electron chi connectivity index (χ0n) is 11.4. The Balaban J connectivity index is 2.27. The van der Waals surface area contributed by atoms with Crippen LogP contribution >= 0.6 is 0 Å². The van der Waals surface area contributed by atoms with Gasteiger partial charge in [-0.3, -0.25) is 4.98 Å². The van der Waals surface area contributed by atoms with Gasteiger partial charge in [-0.2, -0.15) is 0 Å². The van der Waals surface area contributed by atoms with E-state index < -0.39 is 0 Å². The molecule has 0 spiro atoms. The molecule has 1 atom stereocenters. The average molecular weight is 258 g/mol. The summed E-state index contributed by atoms with van der Waals surface area (Å²) < 4.78 is 13.8. The second-order valence-electron chi connectivity index (χ2n) is 4.64. The number of pyridine rings is 1. The third-order valence-electron chi connectivity index (χ3n) is 3.29. The van der Waals surface area contributed by atoms with Crippen LogP contribution in [-0.4, -0.2) is 11.5 Å². The van der Waals surface area contributed by atoms with Crippen LogP contribution in [0.1, 0.15) is 29.7 Å². The van der Waals surface area contributed by atoms with Gasteiger partial charge in [0.15, 0.2) is 0 Å². The molecule has 19 heavy (non-hydrogen) atoms. The van der Waals surface area contributed by atoms with Crippen LogP contribution < -0.4 is 5.32 Å². The Morgan fingerprint density at radius 2 is 2.05 bits per heavy atom. The lowest BCUT2D eigenvalue weighted by atomic mass is 9.97. The van der Waals surface area contributed by atoms with E-state index in [-0.39, 0.29) is 11.9 Å². The number of halogens is 1. The lowest BCUT2D eigenvalue weighted by Gasteiger charge is -2.20. The van der Waals surface area contributed by atoms with Crippen LogP contribution in [-0.2, 0) is 6.42 Å². The second kappa shape index (κ2) is 6.43. The zero-order chi connectivity index (χ0) is 13.7. The summed E-state index contributed by atoms with van der Waals surface area (Å²) in [6.07, 6.45) is 4.28. The van der Waals surface area contributed by atoms with Crippen LogP contribution in [0.5, 0.6) is 0 Å². The summed E-state index contributed by atoms with van der Waals surface area (Å²) in [4.78, 5) is 4.18. The molecule has 1 unspecified atom stereocenters. The summed E-state index contributed by atoms with van der Waals surface area (Å²) in [6, 6.07) is 9.02. The predicted molar refractivity (Wildman–Crippen MR) is 75.5 cm³/mol. The molecule has 0 bridgehead atoms. The molecule has 0 saturated carbocycles. The van der Waals surface area contributed by atoms with Gasteiger partial charge in [-0.15, -0.1) is 0 Å². The lowest BCUT2D eigenvalue weighted by molar-refractivity contribution is 0.525. The average Bonchev–Trinajstić information content (AvgIpc) is 2.41. The van der Waals surface area contributed by atoms with E-state index in [0.717, 1.165) is 17.7 Å². The fraction of sp³-hybridized carbons (Fsp3) is 0.312. The maximum Gasteiger partial charge on any atom is 0.126 e. The van der Waals surface area contributed by atoms with Gasteiger partial charge in [-0.25, -0.2) is 4.39 Å². The van der Waals surface area contributed by atoms with Crippen molar-refractivity contribution in [2.75, 3.05) is 6.54 Å². The lowest BCUT2D eigenvalue weighted by Crippen LogP contribution is -2.24. The van der Waals surface area contributed by atoms with Gasteiger partial charge >= 0.3 is 0 Å². The van der Waals surface area contributed by atoms with Crippen molar-refractivity contribution in [1.29, 1.82) is 0 Å². The van der Waals surface area contributed by atoms with E-state index in [1.54, 1.807) is 12.3 Å². The molecule has 100 valence electrons. The Morgan fingerprint density at radius 1 is 1.26 bits per heavy atom. The molecule has 0 fully saturated rings. The Labute approximate surface area is 113 Å². The van der Waals surface area contributed by atoms with Gasteiger partial charge in [0.2, 0.25) is 0 Å². The minimum atomic E-state index is -0.146. The standard InChI is InChI=1S/C16H19FN2/c1-3-19-16(14-11-18-9-8-12(14)2)10-13-6-4-5-7-15(13)17/h4-9,11,16,19H,3,10H2,1-2H3. The summed E-state index contributed by atoms with van der Waals surface area (Å²) >= 11 is 0. The molecule has 3 heteroatoms. The maximum atomic E-state index is 13.8. The Kier molecular flexibility index (Phi) is 4.63. The molecule has 0 aliphatic heterocycles. The highest BCUT2D eigenvalue weighted by Gasteiger charge is 2.15. The van der Waals surface area contributed by atoms with Crippen LogP contribution in [0.4, 0.5) is 4.39 Å². The van der Waals surface area contributed by atoms with Gasteiger partial charge in [0.25, 0.3) is 0 Å². The fourth-order valence-electron chi connectivity index (χ4n) is 2.26. The fourth-order valence-corrected chi connectivity index (χ4v) is 2.26. The highest BCUT2D eigenvalue weighted by Crippen LogP contribution is 2.22. The van der Waals surface area contributed by atoms with Gasteiger partial charge in [0.05, 0.1) is 0 Å². The zero-order valence-corrected chi connectivity index (χ0v) is 11.4. The minimum Gasteiger partial charge on any atom is -0.310 e. The van der Waals surface area contributed by atoms with E-state index >= 15 is 0 Å². The normalized spacial score (nSPS) is 12.4. The first-order valence-corrected chi connectivity index (χ1v) is 6.59. The highest BCUT2D eigenvalue weighted by molar-refractivity contribution is 5.28. The topological polar surface area (TPSA) is 24.9 Å². The number of rotatable bonds is 5. The Morgan fingerprint density at radius 3 is 2.74 bits per heavy atom. The van der Waals surface area contributed by atoms with Gasteiger partial charge in [-0.05, 0) is 48.7 Å². The van der Waals surface area contributed by atoms with E-state index in [1.807, 2.05) is 24.4 Å². The maximum absolute atomic E-state index is 13.8. The minimum absolute atomic E-state index is 0.0931. The highest BCUT2D eigenvalue weighted by atomic mass is 19.1. The number of benzene rings is 1. The van der Waals surface area contributed by atoms with E-state index in [4.69, 9.17) is 0 Å². The number of aryl methyl sites for hydroxylation is 1. The van der Waals surface area contributed by atoms with Crippen molar-refractivity contribution in [2.24, 2.45) is 0 Å². The van der Waals surface area contributed by atoms with Crippen molar-refractivity contribution >= 4 is 0 Å². The molecular formula is C16H19FN2. The van der Waals surface area contributed by atoms with Gasteiger partial charge in [-0.1, -0.05) is 25.1 Å². The number of likely N-dealkylation sites (N-methyl/N-ethyl adjacent to an activating group) is 1. The van der Waals surface area contributed by atoms with Crippen molar-refractivity contribution < 1.29 is 4.39 Å². The number of nitrogens with zero attached hydrogens (tertiary/aromatic N) is 1. The van der Waals surface area contributed by atoms with Crippen LogP contribution in [0.3, 0.4) is 0 Å². The monoisotopic (exact) mass is 258 g/mol. The third-order valence-corrected chi connectivity index (χ3v) is 3.29. The van der Waals surface area contributed by atoms with E-state index in [1.165, 1.54) is 11.6 Å². The molecule has 1 aromatic heterocycles. The molecule has 0 saturated heterocycles. The van der Waals surface area contributed by atoms with Crippen LogP contribution in [0.25, 0.3) is 0 Å². The first kappa shape index (κ1) is 13.7. The smallest absolute Gasteiger partial charge is 0.126 e. The quantitative estimate of drug-likeness (QED) is 0.888. The molecule has 0 aliphatic rings. The Bertz CT molecular complexity index is 540. The molecule has 1 heterocycles. The molecule has 1 N–H and O–H groups in total. The third kappa shape index (κ3) is 3.38. The molecular weight excluding hydrogens is 239 g/mol. The summed E-state index contributed by atoms with van der Waals surface area (Å²) in [5.41, 5.74) is 3.04. The summed E-state index contributed by atoms with van der Waals surface area (Å²) in [6.45, 7) is 4.95. The van der Waals surface area contributed by atoms with Crippen molar-refractivity contribution in [2.45, 2.75) is 26.3 Å². The van der Waals surface area contributed by atoms with Gasteiger partial charge < -0.3 is 5.32 Å².